The van der Waals surface area contributed by atoms with Gasteiger partial charge >= 0.3 is 0 Å². The Morgan fingerprint density at radius 3 is 2.96 bits per heavy atom. The number of hydrogen-bond donors (Lipinski definition) is 1. The van der Waals surface area contributed by atoms with Crippen molar-refractivity contribution in [2.24, 2.45) is 0 Å². The normalized spacial score (nSPS) is 24.3. The van der Waals surface area contributed by atoms with Gasteiger partial charge in [-0.3, -0.25) is 9.89 Å². The van der Waals surface area contributed by atoms with E-state index in [1.807, 2.05) is 6.92 Å². The first-order valence-corrected chi connectivity index (χ1v) is 7.97. The molecule has 2 fully saturated rings. The van der Waals surface area contributed by atoms with Gasteiger partial charge in [0.1, 0.15) is 5.82 Å². The highest BCUT2D eigenvalue weighted by molar-refractivity contribution is 5.93. The molecule has 1 saturated heterocycles. The lowest BCUT2D eigenvalue weighted by Crippen LogP contribution is -2.32. The Hall–Kier alpha value is -2.15. The van der Waals surface area contributed by atoms with Gasteiger partial charge in [0.15, 0.2) is 11.6 Å². The van der Waals surface area contributed by atoms with Crippen LogP contribution in [0, 0.1) is 6.92 Å². The molecule has 0 spiro atoms. The summed E-state index contributed by atoms with van der Waals surface area (Å²) in [6.45, 7) is 2.40. The van der Waals surface area contributed by atoms with E-state index in [4.69, 9.17) is 9.15 Å². The van der Waals surface area contributed by atoms with E-state index in [9.17, 15) is 4.79 Å². The second-order valence-electron chi connectivity index (χ2n) is 6.35. The maximum absolute atomic E-state index is 12.8. The number of hydrogen-bond acceptors (Lipinski definition) is 5. The zero-order valence-corrected chi connectivity index (χ0v) is 13.3. The van der Waals surface area contributed by atoms with E-state index in [1.54, 1.807) is 24.3 Å². The second-order valence-corrected chi connectivity index (χ2v) is 6.35. The lowest BCUT2D eigenvalue weighted by atomic mass is 10.2. The Morgan fingerprint density at radius 2 is 2.30 bits per heavy atom. The molecular formula is C16H20N4O3. The third-order valence-electron chi connectivity index (χ3n) is 4.69. The molecule has 1 aliphatic carbocycles. The monoisotopic (exact) mass is 316 g/mol. The maximum Gasteiger partial charge on any atom is 0.290 e. The molecule has 1 aliphatic heterocycles. The van der Waals surface area contributed by atoms with Crippen LogP contribution in [0.3, 0.4) is 0 Å². The zero-order valence-electron chi connectivity index (χ0n) is 13.3. The molecule has 2 aliphatic rings. The molecule has 0 unspecified atom stereocenters. The lowest BCUT2D eigenvalue weighted by molar-refractivity contribution is 0.0653. The van der Waals surface area contributed by atoms with Crippen molar-refractivity contribution >= 4 is 5.91 Å². The molecule has 3 heterocycles. The number of furan rings is 1. The van der Waals surface area contributed by atoms with Crippen LogP contribution in [-0.4, -0.2) is 45.7 Å². The fourth-order valence-electron chi connectivity index (χ4n) is 3.14. The molecule has 2 atom stereocenters. The van der Waals surface area contributed by atoms with Gasteiger partial charge in [-0.1, -0.05) is 0 Å². The number of rotatable bonds is 4. The quantitative estimate of drug-likeness (QED) is 0.934. The van der Waals surface area contributed by atoms with Crippen molar-refractivity contribution in [3.63, 3.8) is 0 Å². The fourth-order valence-corrected chi connectivity index (χ4v) is 3.14. The van der Waals surface area contributed by atoms with Gasteiger partial charge in [-0.05, 0) is 25.8 Å². The van der Waals surface area contributed by atoms with E-state index in [0.717, 1.165) is 30.1 Å². The minimum absolute atomic E-state index is 0.00584. The van der Waals surface area contributed by atoms with E-state index in [2.05, 4.69) is 15.2 Å². The van der Waals surface area contributed by atoms with E-state index in [0.29, 0.717) is 24.6 Å². The number of carbonyl (C=O) groups excluding carboxylic acids is 1. The first-order chi connectivity index (χ1) is 11.2. The number of aromatic nitrogens is 3. The number of methoxy groups -OCH3 is 1. The van der Waals surface area contributed by atoms with Crippen LogP contribution < -0.4 is 0 Å². The van der Waals surface area contributed by atoms with Gasteiger partial charge in [0.05, 0.1) is 18.4 Å². The molecule has 4 rings (SSSR count). The average Bonchev–Trinajstić information content (AvgIpc) is 2.99. The summed E-state index contributed by atoms with van der Waals surface area (Å²) in [5.74, 6) is 2.35. The SMILES string of the molecule is CO[C@@H]1C[C@@H](c2nc(C3CC3)n[nH]2)N(C(=O)c2occc2C)C1. The van der Waals surface area contributed by atoms with Crippen LogP contribution >= 0.6 is 0 Å². The predicted octanol–water partition coefficient (Wildman–Crippen LogP) is 2.19. The number of amides is 1. The van der Waals surface area contributed by atoms with Gasteiger partial charge in [0.25, 0.3) is 5.91 Å². The average molecular weight is 316 g/mol. The molecule has 1 amide bonds. The van der Waals surface area contributed by atoms with Gasteiger partial charge in [-0.25, -0.2) is 4.98 Å². The smallest absolute Gasteiger partial charge is 0.290 e. The minimum Gasteiger partial charge on any atom is -0.459 e. The van der Waals surface area contributed by atoms with E-state index in [-0.39, 0.29) is 18.1 Å². The molecular weight excluding hydrogens is 296 g/mol. The summed E-state index contributed by atoms with van der Waals surface area (Å²) in [5.41, 5.74) is 0.839. The van der Waals surface area contributed by atoms with Crippen molar-refractivity contribution in [3.05, 3.63) is 35.3 Å². The lowest BCUT2D eigenvalue weighted by Gasteiger charge is -2.21. The largest absolute Gasteiger partial charge is 0.459 e. The Labute approximate surface area is 134 Å². The van der Waals surface area contributed by atoms with E-state index < -0.39 is 0 Å². The minimum atomic E-state index is -0.156. The Kier molecular flexibility index (Phi) is 3.45. The number of carbonyl (C=O) groups is 1. The number of nitrogens with one attached hydrogen (secondary N) is 1. The number of aryl methyl sites for hydroxylation is 1. The highest BCUT2D eigenvalue weighted by Gasteiger charge is 2.40. The highest BCUT2D eigenvalue weighted by atomic mass is 16.5. The summed E-state index contributed by atoms with van der Waals surface area (Å²) in [5, 5.41) is 7.33. The molecule has 7 nitrogen and oxygen atoms in total. The van der Waals surface area contributed by atoms with Crippen LogP contribution in [0.2, 0.25) is 0 Å². The second kappa shape index (κ2) is 5.49. The van der Waals surface area contributed by atoms with Crippen LogP contribution in [0.4, 0.5) is 0 Å². The molecule has 0 bridgehead atoms. The zero-order chi connectivity index (χ0) is 16.0. The molecule has 1 saturated carbocycles. The Balaban J connectivity index is 1.62. The molecule has 23 heavy (non-hydrogen) atoms. The highest BCUT2D eigenvalue weighted by Crippen LogP contribution is 2.39. The van der Waals surface area contributed by atoms with Gasteiger partial charge < -0.3 is 14.1 Å². The van der Waals surface area contributed by atoms with Crippen molar-refractivity contribution in [2.45, 2.75) is 44.2 Å². The first kappa shape index (κ1) is 14.4. The number of aromatic amines is 1. The Morgan fingerprint density at radius 1 is 1.48 bits per heavy atom. The number of ether oxygens (including phenoxy) is 1. The van der Waals surface area contributed by atoms with Crippen molar-refractivity contribution in [3.8, 4) is 0 Å². The Bertz CT molecular complexity index is 718. The molecule has 2 aromatic heterocycles. The van der Waals surface area contributed by atoms with Crippen LogP contribution in [0.5, 0.6) is 0 Å². The predicted molar refractivity (Wildman–Crippen MR) is 81.0 cm³/mol. The van der Waals surface area contributed by atoms with Crippen LogP contribution in [0.25, 0.3) is 0 Å². The molecule has 0 aromatic carbocycles. The van der Waals surface area contributed by atoms with Gasteiger partial charge in [-0.2, -0.15) is 5.10 Å². The van der Waals surface area contributed by atoms with Crippen molar-refractivity contribution in [2.75, 3.05) is 13.7 Å². The standard InChI is InChI=1S/C16H20N4O3/c1-9-5-6-23-13(9)16(21)20-8-11(22-2)7-12(20)15-17-14(18-19-15)10-3-4-10/h5-6,10-12H,3-4,7-8H2,1-2H3,(H,17,18,19)/t11-,12+/m1/s1. The molecule has 122 valence electrons. The van der Waals surface area contributed by atoms with E-state index >= 15 is 0 Å². The summed E-state index contributed by atoms with van der Waals surface area (Å²) in [7, 11) is 1.67. The maximum atomic E-state index is 12.8. The first-order valence-electron chi connectivity index (χ1n) is 7.97. The third kappa shape index (κ3) is 2.55. The summed E-state index contributed by atoms with van der Waals surface area (Å²) in [6, 6.07) is 1.64. The molecule has 0 radical (unpaired) electrons. The van der Waals surface area contributed by atoms with Crippen molar-refractivity contribution < 1.29 is 13.9 Å². The summed E-state index contributed by atoms with van der Waals surface area (Å²) < 4.78 is 10.8. The van der Waals surface area contributed by atoms with Crippen molar-refractivity contribution in [1.29, 1.82) is 0 Å². The topological polar surface area (TPSA) is 84.3 Å². The van der Waals surface area contributed by atoms with Crippen LogP contribution in [0.1, 0.15) is 59.0 Å². The fraction of sp³-hybridized carbons (Fsp3) is 0.562. The van der Waals surface area contributed by atoms with Crippen molar-refractivity contribution in [1.82, 2.24) is 20.1 Å². The van der Waals surface area contributed by atoms with E-state index in [1.165, 1.54) is 0 Å². The summed E-state index contributed by atoms with van der Waals surface area (Å²) in [6.07, 6.45) is 4.55. The van der Waals surface area contributed by atoms with Gasteiger partial charge in [0, 0.05) is 31.6 Å². The molecule has 1 N–H and O–H groups in total. The number of likely N-dealkylation sites (tertiary alicyclic amines) is 1. The van der Waals surface area contributed by atoms with Crippen LogP contribution in [0.15, 0.2) is 16.7 Å². The summed E-state index contributed by atoms with van der Waals surface area (Å²) >= 11 is 0. The third-order valence-corrected chi connectivity index (χ3v) is 4.69. The van der Waals surface area contributed by atoms with Gasteiger partial charge in [-0.15, -0.1) is 0 Å². The van der Waals surface area contributed by atoms with Crippen LogP contribution in [-0.2, 0) is 4.74 Å². The number of nitrogens with zero attached hydrogens (tertiary/aromatic N) is 3. The summed E-state index contributed by atoms with van der Waals surface area (Å²) in [4.78, 5) is 19.2. The molecule has 7 heteroatoms. The molecule has 2 aromatic rings. The van der Waals surface area contributed by atoms with Gasteiger partial charge in [0.2, 0.25) is 0 Å². The number of H-pyrrole nitrogens is 1.